The summed E-state index contributed by atoms with van der Waals surface area (Å²) in [6.07, 6.45) is 0. The van der Waals surface area contributed by atoms with Gasteiger partial charge in [-0.1, -0.05) is 45.0 Å². The smallest absolute Gasteiger partial charge is 0.295 e. The number of rotatable bonds is 7. The molecular formula is C26H31NO5. The fourth-order valence-corrected chi connectivity index (χ4v) is 3.84. The van der Waals surface area contributed by atoms with E-state index in [9.17, 15) is 14.7 Å². The number of benzene rings is 2. The van der Waals surface area contributed by atoms with Crippen LogP contribution in [0.3, 0.4) is 0 Å². The summed E-state index contributed by atoms with van der Waals surface area (Å²) in [4.78, 5) is 27.3. The average Bonchev–Trinajstić information content (AvgIpc) is 3.02. The van der Waals surface area contributed by atoms with Gasteiger partial charge in [-0.2, -0.15) is 0 Å². The van der Waals surface area contributed by atoms with Gasteiger partial charge in [0.15, 0.2) is 0 Å². The molecule has 1 amide bonds. The molecule has 0 saturated carbocycles. The van der Waals surface area contributed by atoms with E-state index in [1.165, 1.54) is 4.90 Å². The van der Waals surface area contributed by atoms with Crippen molar-refractivity contribution in [3.63, 3.8) is 0 Å². The molecular weight excluding hydrogens is 406 g/mol. The Bertz CT molecular complexity index is 1000. The van der Waals surface area contributed by atoms with Gasteiger partial charge in [0.2, 0.25) is 0 Å². The quantitative estimate of drug-likeness (QED) is 0.393. The number of Topliss-reactive ketones (excluding diaryl/α,β-unsaturated/α-hetero) is 1. The summed E-state index contributed by atoms with van der Waals surface area (Å²) in [5.74, 6) is -0.869. The maximum Gasteiger partial charge on any atom is 0.295 e. The Morgan fingerprint density at radius 3 is 2.19 bits per heavy atom. The summed E-state index contributed by atoms with van der Waals surface area (Å²) in [6.45, 7) is 9.32. The SMILES string of the molecule is CCOc1ccc(C(O)=C2C(=O)C(=O)N(CCOC)[C@H]2c2ccc(C(C)(C)C)cc2)cc1. The minimum absolute atomic E-state index is 0.0291. The molecule has 1 heterocycles. The number of ether oxygens (including phenoxy) is 2. The van der Waals surface area contributed by atoms with Crippen LogP contribution in [0.4, 0.5) is 0 Å². The number of carbonyl (C=O) groups is 2. The van der Waals surface area contributed by atoms with Crippen molar-refractivity contribution in [1.82, 2.24) is 4.90 Å². The lowest BCUT2D eigenvalue weighted by Crippen LogP contribution is -2.32. The molecule has 6 heteroatoms. The zero-order chi connectivity index (χ0) is 23.5. The first-order valence-corrected chi connectivity index (χ1v) is 10.8. The number of nitrogens with zero attached hydrogens (tertiary/aromatic N) is 1. The summed E-state index contributed by atoms with van der Waals surface area (Å²) in [7, 11) is 1.55. The second-order valence-corrected chi connectivity index (χ2v) is 8.81. The minimum Gasteiger partial charge on any atom is -0.507 e. The predicted molar refractivity (Wildman–Crippen MR) is 124 cm³/mol. The third kappa shape index (κ3) is 4.70. The van der Waals surface area contributed by atoms with Gasteiger partial charge >= 0.3 is 0 Å². The van der Waals surface area contributed by atoms with Crippen molar-refractivity contribution in [3.05, 3.63) is 70.8 Å². The van der Waals surface area contributed by atoms with Crippen molar-refractivity contribution in [1.29, 1.82) is 0 Å². The molecule has 3 rings (SSSR count). The molecule has 2 aromatic rings. The first-order valence-electron chi connectivity index (χ1n) is 10.8. The number of methoxy groups -OCH3 is 1. The number of ketones is 1. The van der Waals surface area contributed by atoms with Crippen LogP contribution in [0.1, 0.15) is 50.4 Å². The molecule has 1 saturated heterocycles. The highest BCUT2D eigenvalue weighted by atomic mass is 16.5. The average molecular weight is 438 g/mol. The van der Waals surface area contributed by atoms with Crippen LogP contribution in [0.25, 0.3) is 5.76 Å². The van der Waals surface area contributed by atoms with Crippen molar-refractivity contribution in [2.75, 3.05) is 26.9 Å². The summed E-state index contributed by atoms with van der Waals surface area (Å²) >= 11 is 0. The van der Waals surface area contributed by atoms with E-state index in [1.807, 2.05) is 31.2 Å². The number of carbonyl (C=O) groups excluding carboxylic acids is 2. The number of hydrogen-bond donors (Lipinski definition) is 1. The molecule has 0 radical (unpaired) electrons. The lowest BCUT2D eigenvalue weighted by molar-refractivity contribution is -0.140. The lowest BCUT2D eigenvalue weighted by Gasteiger charge is -2.26. The van der Waals surface area contributed by atoms with Gasteiger partial charge in [0, 0.05) is 19.2 Å². The molecule has 1 N–H and O–H groups in total. The lowest BCUT2D eigenvalue weighted by atomic mass is 9.85. The first kappa shape index (κ1) is 23.5. The highest BCUT2D eigenvalue weighted by Crippen LogP contribution is 2.40. The molecule has 1 aliphatic heterocycles. The van der Waals surface area contributed by atoms with Crippen LogP contribution in [-0.2, 0) is 19.7 Å². The molecule has 0 spiro atoms. The molecule has 0 aliphatic carbocycles. The van der Waals surface area contributed by atoms with Crippen molar-refractivity contribution in [2.24, 2.45) is 0 Å². The second kappa shape index (κ2) is 9.57. The normalized spacial score (nSPS) is 18.3. The van der Waals surface area contributed by atoms with Crippen molar-refractivity contribution in [3.8, 4) is 5.75 Å². The van der Waals surface area contributed by atoms with Gasteiger partial charge in [-0.05, 0) is 47.7 Å². The largest absolute Gasteiger partial charge is 0.507 e. The van der Waals surface area contributed by atoms with Crippen molar-refractivity contribution < 1.29 is 24.2 Å². The van der Waals surface area contributed by atoms with Gasteiger partial charge in [-0.25, -0.2) is 0 Å². The predicted octanol–water partition coefficient (Wildman–Crippen LogP) is 4.45. The molecule has 2 aromatic carbocycles. The highest BCUT2D eigenvalue weighted by Gasteiger charge is 2.45. The third-order valence-corrected chi connectivity index (χ3v) is 5.61. The van der Waals surface area contributed by atoms with E-state index in [4.69, 9.17) is 9.47 Å². The van der Waals surface area contributed by atoms with Crippen LogP contribution in [0.15, 0.2) is 54.1 Å². The number of likely N-dealkylation sites (tertiary alicyclic amines) is 1. The topological polar surface area (TPSA) is 76.1 Å². The monoisotopic (exact) mass is 437 g/mol. The molecule has 0 bridgehead atoms. The standard InChI is InChI=1S/C26H31NO5/c1-6-32-20-13-9-18(10-14-20)23(28)21-22(27(15-16-31-5)25(30)24(21)29)17-7-11-19(12-8-17)26(2,3)4/h7-14,22,28H,6,15-16H2,1-5H3/t22-/m0/s1. The van der Waals surface area contributed by atoms with Crippen molar-refractivity contribution >= 4 is 17.4 Å². The maximum absolute atomic E-state index is 13.0. The minimum atomic E-state index is -0.697. The molecule has 1 aliphatic rings. The summed E-state index contributed by atoms with van der Waals surface area (Å²) in [6, 6.07) is 14.0. The van der Waals surface area contributed by atoms with E-state index in [0.717, 1.165) is 11.1 Å². The number of aliphatic hydroxyl groups is 1. The van der Waals surface area contributed by atoms with Crippen LogP contribution < -0.4 is 4.74 Å². The number of aliphatic hydroxyl groups excluding tert-OH is 1. The molecule has 0 aromatic heterocycles. The van der Waals surface area contributed by atoms with Crippen LogP contribution in [0, 0.1) is 0 Å². The number of hydrogen-bond acceptors (Lipinski definition) is 5. The Morgan fingerprint density at radius 2 is 1.66 bits per heavy atom. The number of amides is 1. The Kier molecular flexibility index (Phi) is 7.04. The molecule has 1 atom stereocenters. The van der Waals surface area contributed by atoms with Crippen molar-refractivity contribution in [2.45, 2.75) is 39.2 Å². The fraction of sp³-hybridized carbons (Fsp3) is 0.385. The molecule has 32 heavy (non-hydrogen) atoms. The highest BCUT2D eigenvalue weighted by molar-refractivity contribution is 6.46. The third-order valence-electron chi connectivity index (χ3n) is 5.61. The van der Waals surface area contributed by atoms with E-state index in [-0.39, 0.29) is 29.9 Å². The van der Waals surface area contributed by atoms with Crippen LogP contribution in [0.2, 0.25) is 0 Å². The van der Waals surface area contributed by atoms with Gasteiger partial charge in [-0.15, -0.1) is 0 Å². The van der Waals surface area contributed by atoms with Gasteiger partial charge in [0.1, 0.15) is 11.5 Å². The van der Waals surface area contributed by atoms with Crippen LogP contribution >= 0.6 is 0 Å². The Morgan fingerprint density at radius 1 is 1.03 bits per heavy atom. The van der Waals surface area contributed by atoms with Crippen LogP contribution in [-0.4, -0.2) is 48.6 Å². The maximum atomic E-state index is 13.0. The zero-order valence-electron chi connectivity index (χ0n) is 19.3. The Hall–Kier alpha value is -3.12. The summed E-state index contributed by atoms with van der Waals surface area (Å²) < 4.78 is 10.6. The molecule has 1 fully saturated rings. The summed E-state index contributed by atoms with van der Waals surface area (Å²) in [5.41, 5.74) is 2.41. The first-order chi connectivity index (χ1) is 15.2. The van der Waals surface area contributed by atoms with Crippen LogP contribution in [0.5, 0.6) is 5.75 Å². The van der Waals surface area contributed by atoms with E-state index in [1.54, 1.807) is 31.4 Å². The molecule has 0 unspecified atom stereocenters. The van der Waals surface area contributed by atoms with Gasteiger partial charge in [0.05, 0.1) is 24.8 Å². The van der Waals surface area contributed by atoms with Gasteiger partial charge < -0.3 is 19.5 Å². The molecule has 6 nitrogen and oxygen atoms in total. The Labute approximate surface area is 189 Å². The second-order valence-electron chi connectivity index (χ2n) is 8.81. The van der Waals surface area contributed by atoms with E-state index >= 15 is 0 Å². The molecule has 170 valence electrons. The Balaban J connectivity index is 2.09. The fourth-order valence-electron chi connectivity index (χ4n) is 3.84. The van der Waals surface area contributed by atoms with E-state index in [0.29, 0.717) is 17.9 Å². The van der Waals surface area contributed by atoms with Gasteiger partial charge in [-0.3, -0.25) is 9.59 Å². The van der Waals surface area contributed by atoms with Gasteiger partial charge in [0.25, 0.3) is 11.7 Å². The zero-order valence-corrected chi connectivity index (χ0v) is 19.3. The van der Waals surface area contributed by atoms with E-state index < -0.39 is 17.7 Å². The summed E-state index contributed by atoms with van der Waals surface area (Å²) in [5, 5.41) is 11.1. The van der Waals surface area contributed by atoms with E-state index in [2.05, 4.69) is 20.8 Å².